The van der Waals surface area contributed by atoms with Crippen molar-refractivity contribution in [3.8, 4) is 16.9 Å². The molecule has 0 bridgehead atoms. The Labute approximate surface area is 186 Å². The summed E-state index contributed by atoms with van der Waals surface area (Å²) in [5, 5.41) is 0. The van der Waals surface area contributed by atoms with Crippen LogP contribution in [0.2, 0.25) is 0 Å². The summed E-state index contributed by atoms with van der Waals surface area (Å²) in [5.41, 5.74) is 2.97. The third-order valence-electron chi connectivity index (χ3n) is 5.73. The minimum absolute atomic E-state index is 0.0484. The van der Waals surface area contributed by atoms with Gasteiger partial charge in [0, 0.05) is 18.8 Å². The van der Waals surface area contributed by atoms with E-state index in [1.807, 2.05) is 36.4 Å². The summed E-state index contributed by atoms with van der Waals surface area (Å²) in [7, 11) is 0. The van der Waals surface area contributed by atoms with Gasteiger partial charge in [-0.05, 0) is 62.3 Å². The number of ketones is 1. The van der Waals surface area contributed by atoms with Crippen LogP contribution >= 0.6 is 0 Å². The van der Waals surface area contributed by atoms with Gasteiger partial charge in [-0.15, -0.1) is 0 Å². The predicted molar refractivity (Wildman–Crippen MR) is 125 cm³/mol. The first-order chi connectivity index (χ1) is 15.2. The molecule has 2 aromatic rings. The zero-order valence-electron chi connectivity index (χ0n) is 18.8. The Bertz CT molecular complexity index is 761. The zero-order valence-corrected chi connectivity index (χ0v) is 18.8. The topological polar surface area (TPSA) is 44.8 Å². The Balaban J connectivity index is 1.22. The van der Waals surface area contributed by atoms with Crippen LogP contribution in [0.4, 0.5) is 0 Å². The highest BCUT2D eigenvalue weighted by Crippen LogP contribution is 2.23. The highest BCUT2D eigenvalue weighted by Gasteiger charge is 2.13. The van der Waals surface area contributed by atoms with Crippen LogP contribution in [0.5, 0.6) is 5.75 Å². The maximum absolute atomic E-state index is 11.4. The molecule has 0 spiro atoms. The van der Waals surface area contributed by atoms with Crippen LogP contribution in [0.25, 0.3) is 11.1 Å². The highest BCUT2D eigenvalue weighted by molar-refractivity contribution is 5.94. The van der Waals surface area contributed by atoms with Crippen LogP contribution in [0, 0.1) is 0 Å². The Kier molecular flexibility index (Phi) is 10.1. The van der Waals surface area contributed by atoms with Crippen LogP contribution in [-0.2, 0) is 9.47 Å². The van der Waals surface area contributed by atoms with Crippen molar-refractivity contribution in [1.29, 1.82) is 0 Å². The van der Waals surface area contributed by atoms with Gasteiger partial charge in [-0.1, -0.05) is 62.1 Å². The third-order valence-corrected chi connectivity index (χ3v) is 5.73. The minimum atomic E-state index is 0.0484. The number of hydrogen-bond acceptors (Lipinski definition) is 4. The van der Waals surface area contributed by atoms with E-state index >= 15 is 0 Å². The van der Waals surface area contributed by atoms with Crippen molar-refractivity contribution in [3.05, 3.63) is 54.1 Å². The van der Waals surface area contributed by atoms with Crippen molar-refractivity contribution in [2.24, 2.45) is 0 Å². The molecule has 3 rings (SSSR count). The van der Waals surface area contributed by atoms with Crippen LogP contribution in [0.3, 0.4) is 0 Å². The summed E-state index contributed by atoms with van der Waals surface area (Å²) in [5.74, 6) is 1.00. The molecule has 0 N–H and O–H groups in total. The Morgan fingerprint density at radius 1 is 0.839 bits per heavy atom. The minimum Gasteiger partial charge on any atom is -0.494 e. The summed E-state index contributed by atoms with van der Waals surface area (Å²) in [6, 6.07) is 15.9. The molecule has 0 radical (unpaired) electrons. The highest BCUT2D eigenvalue weighted by atomic mass is 16.7. The van der Waals surface area contributed by atoms with E-state index < -0.39 is 0 Å². The van der Waals surface area contributed by atoms with E-state index in [0.717, 1.165) is 61.5 Å². The molecular formula is C27H36O4. The molecule has 31 heavy (non-hydrogen) atoms. The number of rotatable bonds is 13. The molecule has 4 heteroatoms. The molecule has 168 valence electrons. The molecule has 1 saturated heterocycles. The third kappa shape index (κ3) is 8.47. The van der Waals surface area contributed by atoms with Gasteiger partial charge in [0.15, 0.2) is 12.1 Å². The van der Waals surface area contributed by atoms with Gasteiger partial charge in [-0.2, -0.15) is 0 Å². The molecule has 1 aliphatic rings. The van der Waals surface area contributed by atoms with Gasteiger partial charge in [-0.25, -0.2) is 0 Å². The number of carbonyl (C=O) groups is 1. The van der Waals surface area contributed by atoms with Crippen molar-refractivity contribution < 1.29 is 19.0 Å². The van der Waals surface area contributed by atoms with Crippen LogP contribution in [-0.4, -0.2) is 31.9 Å². The van der Waals surface area contributed by atoms with Gasteiger partial charge in [0.05, 0.1) is 6.61 Å². The lowest BCUT2D eigenvalue weighted by molar-refractivity contribution is -0.162. The molecule has 0 aliphatic carbocycles. The summed E-state index contributed by atoms with van der Waals surface area (Å²) in [4.78, 5) is 11.4. The van der Waals surface area contributed by atoms with Gasteiger partial charge >= 0.3 is 0 Å². The molecule has 2 aromatic carbocycles. The van der Waals surface area contributed by atoms with Crippen molar-refractivity contribution in [2.75, 3.05) is 19.8 Å². The molecule has 1 aliphatic heterocycles. The van der Waals surface area contributed by atoms with Gasteiger partial charge < -0.3 is 14.2 Å². The summed E-state index contributed by atoms with van der Waals surface area (Å²) in [6.07, 6.45) is 10.6. The molecule has 0 aromatic heterocycles. The molecule has 0 saturated carbocycles. The first-order valence-corrected chi connectivity index (χ1v) is 11.8. The molecule has 0 amide bonds. The standard InChI is InChI=1S/C27H36O4/c1-22(28)23-11-13-24(14-12-23)25-15-17-26(18-16-25)29-19-7-4-2-3-5-8-20-30-27-10-6-9-21-31-27/h11-18,27H,2-10,19-21H2,1H3. The lowest BCUT2D eigenvalue weighted by atomic mass is 10.0. The number of ether oxygens (including phenoxy) is 3. The number of hydrogen-bond donors (Lipinski definition) is 0. The summed E-state index contributed by atoms with van der Waals surface area (Å²) in [6.45, 7) is 4.02. The number of carbonyl (C=O) groups excluding carboxylic acids is 1. The van der Waals surface area contributed by atoms with Gasteiger partial charge in [0.1, 0.15) is 5.75 Å². The first-order valence-electron chi connectivity index (χ1n) is 11.8. The second-order valence-corrected chi connectivity index (χ2v) is 8.29. The van der Waals surface area contributed by atoms with Crippen molar-refractivity contribution >= 4 is 5.78 Å². The average molecular weight is 425 g/mol. The molecule has 1 atom stereocenters. The number of unbranched alkanes of at least 4 members (excludes halogenated alkanes) is 5. The van der Waals surface area contributed by atoms with Crippen molar-refractivity contribution in [1.82, 2.24) is 0 Å². The van der Waals surface area contributed by atoms with E-state index in [9.17, 15) is 4.79 Å². The van der Waals surface area contributed by atoms with Crippen LogP contribution in [0.1, 0.15) is 75.1 Å². The summed E-state index contributed by atoms with van der Waals surface area (Å²) >= 11 is 0. The normalized spacial score (nSPS) is 16.2. The Morgan fingerprint density at radius 2 is 1.45 bits per heavy atom. The Hall–Kier alpha value is -2.17. The van der Waals surface area contributed by atoms with Crippen molar-refractivity contribution in [2.45, 2.75) is 71.0 Å². The Morgan fingerprint density at radius 3 is 2.06 bits per heavy atom. The predicted octanol–water partition coefficient (Wildman–Crippen LogP) is 6.82. The maximum Gasteiger partial charge on any atom is 0.159 e. The fraction of sp³-hybridized carbons (Fsp3) is 0.519. The molecule has 1 heterocycles. The van der Waals surface area contributed by atoms with E-state index in [2.05, 4.69) is 12.1 Å². The number of benzene rings is 2. The first kappa shape index (κ1) is 23.5. The monoisotopic (exact) mass is 424 g/mol. The fourth-order valence-electron chi connectivity index (χ4n) is 3.80. The quantitative estimate of drug-likeness (QED) is 0.261. The zero-order chi connectivity index (χ0) is 21.7. The second-order valence-electron chi connectivity index (χ2n) is 8.29. The van der Waals surface area contributed by atoms with E-state index in [1.54, 1.807) is 6.92 Å². The van der Waals surface area contributed by atoms with Gasteiger partial charge in [-0.3, -0.25) is 4.79 Å². The molecule has 4 nitrogen and oxygen atoms in total. The van der Waals surface area contributed by atoms with E-state index in [0.29, 0.717) is 0 Å². The SMILES string of the molecule is CC(=O)c1ccc(-c2ccc(OCCCCCCCCOC3CCCCO3)cc2)cc1. The van der Waals surface area contributed by atoms with Crippen molar-refractivity contribution in [3.63, 3.8) is 0 Å². The second kappa shape index (κ2) is 13.3. The smallest absolute Gasteiger partial charge is 0.159 e. The average Bonchev–Trinajstić information content (AvgIpc) is 2.81. The van der Waals surface area contributed by atoms with E-state index in [-0.39, 0.29) is 12.1 Å². The fourth-order valence-corrected chi connectivity index (χ4v) is 3.80. The maximum atomic E-state index is 11.4. The molecule has 1 unspecified atom stereocenters. The van der Waals surface area contributed by atoms with E-state index in [4.69, 9.17) is 14.2 Å². The van der Waals surface area contributed by atoms with Gasteiger partial charge in [0.2, 0.25) is 0 Å². The van der Waals surface area contributed by atoms with Crippen LogP contribution < -0.4 is 4.74 Å². The summed E-state index contributed by atoms with van der Waals surface area (Å²) < 4.78 is 17.2. The van der Waals surface area contributed by atoms with Crippen LogP contribution in [0.15, 0.2) is 48.5 Å². The molecular weight excluding hydrogens is 388 g/mol. The largest absolute Gasteiger partial charge is 0.494 e. The lowest BCUT2D eigenvalue weighted by Crippen LogP contribution is -2.22. The van der Waals surface area contributed by atoms with Gasteiger partial charge in [0.25, 0.3) is 0 Å². The number of Topliss-reactive ketones (excluding diaryl/α,β-unsaturated/α-hetero) is 1. The van der Waals surface area contributed by atoms with E-state index in [1.165, 1.54) is 38.5 Å². The molecule has 1 fully saturated rings. The lowest BCUT2D eigenvalue weighted by Gasteiger charge is -2.22.